The van der Waals surface area contributed by atoms with Gasteiger partial charge >= 0.3 is 5.97 Å². The van der Waals surface area contributed by atoms with Gasteiger partial charge in [0.05, 0.1) is 19.2 Å². The second kappa shape index (κ2) is 12.2. The summed E-state index contributed by atoms with van der Waals surface area (Å²) in [6.07, 6.45) is 1.65. The lowest BCUT2D eigenvalue weighted by atomic mass is 10.1. The molecule has 0 aliphatic rings. The zero-order chi connectivity index (χ0) is 21.9. The van der Waals surface area contributed by atoms with Crippen LogP contribution in [0.4, 0.5) is 0 Å². The van der Waals surface area contributed by atoms with Crippen LogP contribution < -0.4 is 4.90 Å². The Morgan fingerprint density at radius 2 is 1.83 bits per heavy atom. The Labute approximate surface area is 179 Å². The summed E-state index contributed by atoms with van der Waals surface area (Å²) in [7, 11) is 0. The summed E-state index contributed by atoms with van der Waals surface area (Å²) >= 11 is 0. The first kappa shape index (κ1) is 23.7. The first-order valence-corrected chi connectivity index (χ1v) is 10.8. The van der Waals surface area contributed by atoms with Gasteiger partial charge < -0.3 is 19.0 Å². The van der Waals surface area contributed by atoms with Crippen LogP contribution in [-0.4, -0.2) is 49.1 Å². The van der Waals surface area contributed by atoms with Crippen molar-refractivity contribution in [2.24, 2.45) is 0 Å². The van der Waals surface area contributed by atoms with Crippen molar-refractivity contribution in [3.63, 3.8) is 0 Å². The van der Waals surface area contributed by atoms with Gasteiger partial charge in [0.15, 0.2) is 13.1 Å². The van der Waals surface area contributed by atoms with Crippen molar-refractivity contribution in [3.05, 3.63) is 59.5 Å². The van der Waals surface area contributed by atoms with Gasteiger partial charge in [-0.15, -0.1) is 0 Å². The molecule has 164 valence electrons. The Morgan fingerprint density at radius 1 is 1.10 bits per heavy atom. The highest BCUT2D eigenvalue weighted by Gasteiger charge is 2.27. The topological polar surface area (TPSA) is 64.2 Å². The molecule has 2 rings (SSSR count). The van der Waals surface area contributed by atoms with Gasteiger partial charge in [-0.3, -0.25) is 4.79 Å². The van der Waals surface area contributed by atoms with E-state index in [9.17, 15) is 9.59 Å². The van der Waals surface area contributed by atoms with E-state index < -0.39 is 0 Å². The van der Waals surface area contributed by atoms with Gasteiger partial charge in [0.25, 0.3) is 5.91 Å². The molecule has 0 fully saturated rings. The van der Waals surface area contributed by atoms with Gasteiger partial charge in [0, 0.05) is 6.54 Å². The fraction of sp³-hybridized carbons (Fsp3) is 0.500. The SMILES string of the molecule is CCOC(=O)C[NH+](CC(=O)N(CCc1ccccc1)Cc1ccc(C)o1)[C@H](C)CC. The number of esters is 1. The van der Waals surface area contributed by atoms with E-state index in [1.807, 2.05) is 42.2 Å². The number of aryl methyl sites for hydroxylation is 1. The Kier molecular flexibility index (Phi) is 9.61. The van der Waals surface area contributed by atoms with Crippen molar-refractivity contribution >= 4 is 11.9 Å². The predicted octanol–water partition coefficient (Wildman–Crippen LogP) is 2.41. The van der Waals surface area contributed by atoms with Crippen LogP contribution in [0.15, 0.2) is 46.9 Å². The molecule has 0 aliphatic heterocycles. The van der Waals surface area contributed by atoms with Gasteiger partial charge in [-0.05, 0) is 51.3 Å². The lowest BCUT2D eigenvalue weighted by Gasteiger charge is -2.28. The molecule has 1 aromatic carbocycles. The summed E-state index contributed by atoms with van der Waals surface area (Å²) in [5.41, 5.74) is 1.18. The second-order valence-electron chi connectivity index (χ2n) is 7.69. The van der Waals surface area contributed by atoms with E-state index in [0.717, 1.165) is 29.3 Å². The molecule has 0 aliphatic carbocycles. The van der Waals surface area contributed by atoms with E-state index in [-0.39, 0.29) is 31.0 Å². The van der Waals surface area contributed by atoms with Crippen molar-refractivity contribution in [1.29, 1.82) is 0 Å². The van der Waals surface area contributed by atoms with Crippen LogP contribution >= 0.6 is 0 Å². The minimum Gasteiger partial charge on any atom is -0.464 e. The maximum absolute atomic E-state index is 13.3. The maximum atomic E-state index is 13.3. The van der Waals surface area contributed by atoms with E-state index in [2.05, 4.69) is 26.0 Å². The number of furan rings is 1. The van der Waals surface area contributed by atoms with Crippen molar-refractivity contribution in [1.82, 2.24) is 4.90 Å². The molecule has 0 spiro atoms. The minimum absolute atomic E-state index is 0.0135. The van der Waals surface area contributed by atoms with E-state index in [0.29, 0.717) is 19.7 Å². The normalized spacial score (nSPS) is 12.9. The van der Waals surface area contributed by atoms with Crippen LogP contribution in [0.2, 0.25) is 0 Å². The first-order valence-electron chi connectivity index (χ1n) is 10.8. The fourth-order valence-electron chi connectivity index (χ4n) is 3.36. The van der Waals surface area contributed by atoms with E-state index >= 15 is 0 Å². The molecule has 1 amide bonds. The van der Waals surface area contributed by atoms with Crippen molar-refractivity contribution in [2.75, 3.05) is 26.2 Å². The number of carbonyl (C=O) groups excluding carboxylic acids is 2. The van der Waals surface area contributed by atoms with Gasteiger partial charge in [-0.1, -0.05) is 37.3 Å². The van der Waals surface area contributed by atoms with Gasteiger partial charge in [-0.25, -0.2) is 4.79 Å². The molecule has 30 heavy (non-hydrogen) atoms. The first-order chi connectivity index (χ1) is 14.4. The number of hydrogen-bond acceptors (Lipinski definition) is 4. The third-order valence-electron chi connectivity index (χ3n) is 5.37. The van der Waals surface area contributed by atoms with Crippen molar-refractivity contribution < 1.29 is 23.6 Å². The molecule has 0 saturated carbocycles. The zero-order valence-corrected chi connectivity index (χ0v) is 18.6. The number of carbonyl (C=O) groups is 2. The third kappa shape index (κ3) is 7.67. The standard InChI is InChI=1S/C24H34N2O4/c1-5-19(3)26(18-24(28)29-6-2)17-23(27)25(16-22-13-12-20(4)30-22)15-14-21-10-8-7-9-11-21/h7-13,19H,5-6,14-18H2,1-4H3/p+1/t19-/m1/s1. The van der Waals surface area contributed by atoms with Gasteiger partial charge in [-0.2, -0.15) is 0 Å². The summed E-state index contributed by atoms with van der Waals surface area (Å²) < 4.78 is 10.8. The number of nitrogens with zero attached hydrogens (tertiary/aromatic N) is 1. The Bertz CT molecular complexity index is 788. The van der Waals surface area contributed by atoms with Crippen LogP contribution in [0, 0.1) is 6.92 Å². The third-order valence-corrected chi connectivity index (χ3v) is 5.37. The van der Waals surface area contributed by atoms with Crippen LogP contribution in [0.25, 0.3) is 0 Å². The van der Waals surface area contributed by atoms with Crippen LogP contribution in [0.3, 0.4) is 0 Å². The van der Waals surface area contributed by atoms with E-state index in [1.165, 1.54) is 5.56 Å². The number of quaternary nitrogens is 1. The molecule has 1 heterocycles. The van der Waals surface area contributed by atoms with Crippen molar-refractivity contribution in [3.8, 4) is 0 Å². The zero-order valence-electron chi connectivity index (χ0n) is 18.6. The highest BCUT2D eigenvalue weighted by Crippen LogP contribution is 2.11. The molecule has 1 N–H and O–H groups in total. The average molecular weight is 416 g/mol. The Balaban J connectivity index is 2.10. The number of nitrogens with one attached hydrogen (secondary N) is 1. The number of ether oxygens (including phenoxy) is 1. The Morgan fingerprint density at radius 3 is 2.43 bits per heavy atom. The molecular weight excluding hydrogens is 380 g/mol. The predicted molar refractivity (Wildman–Crippen MR) is 116 cm³/mol. The largest absolute Gasteiger partial charge is 0.464 e. The summed E-state index contributed by atoms with van der Waals surface area (Å²) in [5, 5.41) is 0. The summed E-state index contributed by atoms with van der Waals surface area (Å²) in [4.78, 5) is 28.1. The van der Waals surface area contributed by atoms with E-state index in [4.69, 9.17) is 9.15 Å². The van der Waals surface area contributed by atoms with Crippen LogP contribution in [0.1, 0.15) is 44.3 Å². The molecule has 1 aromatic heterocycles. The monoisotopic (exact) mass is 415 g/mol. The molecule has 2 atom stereocenters. The number of benzene rings is 1. The van der Waals surface area contributed by atoms with Gasteiger partial charge in [0.2, 0.25) is 0 Å². The fourth-order valence-corrected chi connectivity index (χ4v) is 3.36. The molecule has 6 heteroatoms. The summed E-state index contributed by atoms with van der Waals surface area (Å²) in [6, 6.07) is 14.1. The molecule has 6 nitrogen and oxygen atoms in total. The average Bonchev–Trinajstić information content (AvgIpc) is 3.15. The quantitative estimate of drug-likeness (QED) is 0.541. The van der Waals surface area contributed by atoms with Crippen LogP contribution in [0.5, 0.6) is 0 Å². The highest BCUT2D eigenvalue weighted by atomic mass is 16.5. The lowest BCUT2D eigenvalue weighted by Crippen LogP contribution is -3.17. The van der Waals surface area contributed by atoms with E-state index in [1.54, 1.807) is 6.92 Å². The second-order valence-corrected chi connectivity index (χ2v) is 7.69. The molecule has 0 radical (unpaired) electrons. The number of hydrogen-bond donors (Lipinski definition) is 1. The van der Waals surface area contributed by atoms with Gasteiger partial charge in [0.1, 0.15) is 11.5 Å². The van der Waals surface area contributed by atoms with Crippen molar-refractivity contribution in [2.45, 2.75) is 53.1 Å². The minimum atomic E-state index is -0.266. The summed E-state index contributed by atoms with van der Waals surface area (Å²) in [6.45, 7) is 9.63. The smallest absolute Gasteiger partial charge is 0.361 e. The maximum Gasteiger partial charge on any atom is 0.361 e. The number of amides is 1. The molecule has 0 bridgehead atoms. The molecule has 0 saturated heterocycles. The highest BCUT2D eigenvalue weighted by molar-refractivity contribution is 5.77. The lowest BCUT2D eigenvalue weighted by molar-refractivity contribution is -0.909. The molecule has 1 unspecified atom stereocenters. The molecule has 2 aromatic rings. The van der Waals surface area contributed by atoms with Crippen LogP contribution in [-0.2, 0) is 27.3 Å². The summed E-state index contributed by atoms with van der Waals surface area (Å²) in [5.74, 6) is 1.34. The molecular formula is C24H35N2O4+. The Hall–Kier alpha value is -2.60. The number of rotatable bonds is 12.